The van der Waals surface area contributed by atoms with Crippen molar-refractivity contribution in [3.63, 3.8) is 0 Å². The molecule has 1 atom stereocenters. The highest BCUT2D eigenvalue weighted by molar-refractivity contribution is 7.92. The molecule has 0 heterocycles. The van der Waals surface area contributed by atoms with Crippen LogP contribution in [0.25, 0.3) is 0 Å². The summed E-state index contributed by atoms with van der Waals surface area (Å²) in [6.45, 7) is 4.13. The van der Waals surface area contributed by atoms with E-state index in [2.05, 4.69) is 5.32 Å². The fourth-order valence-corrected chi connectivity index (χ4v) is 6.28. The molecule has 0 bridgehead atoms. The first-order valence-corrected chi connectivity index (χ1v) is 16.1. The van der Waals surface area contributed by atoms with E-state index in [4.69, 9.17) is 0 Å². The maximum absolute atomic E-state index is 14.4. The number of hydrogen-bond acceptors (Lipinski definition) is 4. The lowest BCUT2D eigenvalue weighted by Crippen LogP contribution is -2.53. The number of amides is 2. The van der Waals surface area contributed by atoms with Crippen molar-refractivity contribution in [3.05, 3.63) is 132 Å². The van der Waals surface area contributed by atoms with Crippen LogP contribution >= 0.6 is 0 Å². The molecule has 8 heteroatoms. The molecule has 4 rings (SSSR count). The first-order chi connectivity index (χ1) is 20.8. The molecule has 43 heavy (non-hydrogen) atoms. The second-order valence-electron chi connectivity index (χ2n) is 10.3. The molecular formula is C35H39N3O4S. The van der Waals surface area contributed by atoms with Crippen LogP contribution in [0.3, 0.4) is 0 Å². The van der Waals surface area contributed by atoms with E-state index < -0.39 is 28.5 Å². The van der Waals surface area contributed by atoms with Crippen LogP contribution in [-0.2, 0) is 39.0 Å². The fourth-order valence-electron chi connectivity index (χ4n) is 4.85. The molecule has 0 aromatic heterocycles. The predicted octanol–water partition coefficient (Wildman–Crippen LogP) is 5.61. The topological polar surface area (TPSA) is 86.8 Å². The summed E-state index contributed by atoms with van der Waals surface area (Å²) in [5.41, 5.74) is 3.16. The molecule has 0 aliphatic carbocycles. The normalized spacial score (nSPS) is 11.9. The van der Waals surface area contributed by atoms with Crippen molar-refractivity contribution in [1.29, 1.82) is 0 Å². The quantitative estimate of drug-likeness (QED) is 0.205. The molecule has 2 amide bonds. The number of benzene rings is 4. The number of nitrogens with one attached hydrogen (secondary N) is 1. The number of nitrogens with zero attached hydrogens (tertiary/aromatic N) is 2. The molecule has 0 saturated carbocycles. The molecular weight excluding hydrogens is 558 g/mol. The molecule has 4 aromatic rings. The van der Waals surface area contributed by atoms with Gasteiger partial charge in [-0.2, -0.15) is 0 Å². The lowest BCUT2D eigenvalue weighted by atomic mass is 10.0. The molecule has 0 aliphatic heterocycles. The van der Waals surface area contributed by atoms with Crippen LogP contribution in [0, 0.1) is 0 Å². The summed E-state index contributed by atoms with van der Waals surface area (Å²) in [4.78, 5) is 29.6. The van der Waals surface area contributed by atoms with Gasteiger partial charge >= 0.3 is 0 Å². The lowest BCUT2D eigenvalue weighted by molar-refractivity contribution is -0.140. The summed E-state index contributed by atoms with van der Waals surface area (Å²) >= 11 is 0. The molecule has 0 radical (unpaired) electrons. The van der Waals surface area contributed by atoms with Gasteiger partial charge in [0.25, 0.3) is 10.0 Å². The van der Waals surface area contributed by atoms with Crippen LogP contribution in [0.4, 0.5) is 5.69 Å². The van der Waals surface area contributed by atoms with E-state index in [0.717, 1.165) is 33.8 Å². The van der Waals surface area contributed by atoms with Crippen molar-refractivity contribution in [2.75, 3.05) is 17.4 Å². The maximum atomic E-state index is 14.4. The fraction of sp³-hybridized carbons (Fsp3) is 0.257. The van der Waals surface area contributed by atoms with Crippen LogP contribution in [0.2, 0.25) is 0 Å². The minimum absolute atomic E-state index is 0.0819. The number of carbonyl (C=O) groups excluding carboxylic acids is 2. The zero-order chi connectivity index (χ0) is 30.7. The van der Waals surface area contributed by atoms with Crippen molar-refractivity contribution in [2.45, 2.75) is 50.6 Å². The van der Waals surface area contributed by atoms with Gasteiger partial charge in [-0.15, -0.1) is 0 Å². The summed E-state index contributed by atoms with van der Waals surface area (Å²) < 4.78 is 29.2. The summed E-state index contributed by atoms with van der Waals surface area (Å²) in [6.07, 6.45) is 1.82. The summed E-state index contributed by atoms with van der Waals surface area (Å²) in [7, 11) is -4.11. The van der Waals surface area contributed by atoms with Crippen molar-refractivity contribution in [2.24, 2.45) is 0 Å². The molecule has 7 nitrogen and oxygen atoms in total. The summed E-state index contributed by atoms with van der Waals surface area (Å²) in [6, 6.07) is 33.4. The van der Waals surface area contributed by atoms with Gasteiger partial charge in [-0.25, -0.2) is 8.42 Å². The molecule has 1 N–H and O–H groups in total. The lowest BCUT2D eigenvalue weighted by Gasteiger charge is -2.34. The predicted molar refractivity (Wildman–Crippen MR) is 171 cm³/mol. The van der Waals surface area contributed by atoms with Crippen LogP contribution in [0.1, 0.15) is 37.0 Å². The average molecular weight is 598 g/mol. The van der Waals surface area contributed by atoms with Crippen molar-refractivity contribution in [1.82, 2.24) is 10.2 Å². The van der Waals surface area contributed by atoms with Gasteiger partial charge in [0.15, 0.2) is 0 Å². The van der Waals surface area contributed by atoms with Gasteiger partial charge in [-0.3, -0.25) is 13.9 Å². The van der Waals surface area contributed by atoms with Gasteiger partial charge in [0.05, 0.1) is 10.6 Å². The Morgan fingerprint density at radius 3 is 1.84 bits per heavy atom. The molecule has 0 aliphatic rings. The smallest absolute Gasteiger partial charge is 0.264 e. The first-order valence-electron chi connectivity index (χ1n) is 14.6. The Kier molecular flexibility index (Phi) is 11.1. The van der Waals surface area contributed by atoms with Gasteiger partial charge in [0.1, 0.15) is 12.6 Å². The van der Waals surface area contributed by atoms with E-state index in [0.29, 0.717) is 12.2 Å². The van der Waals surface area contributed by atoms with E-state index in [1.165, 1.54) is 17.0 Å². The van der Waals surface area contributed by atoms with E-state index in [-0.39, 0.29) is 23.8 Å². The Hall–Kier alpha value is -4.43. The number of sulfonamides is 1. The monoisotopic (exact) mass is 597 g/mol. The molecule has 0 saturated heterocycles. The minimum Gasteiger partial charge on any atom is -0.354 e. The Balaban J connectivity index is 1.77. The van der Waals surface area contributed by atoms with Crippen LogP contribution in [-0.4, -0.2) is 44.3 Å². The molecule has 224 valence electrons. The number of carbonyl (C=O) groups is 2. The highest BCUT2D eigenvalue weighted by atomic mass is 32.2. The maximum Gasteiger partial charge on any atom is 0.264 e. The largest absolute Gasteiger partial charge is 0.354 e. The van der Waals surface area contributed by atoms with Gasteiger partial charge < -0.3 is 10.2 Å². The van der Waals surface area contributed by atoms with E-state index in [1.807, 2.05) is 86.6 Å². The van der Waals surface area contributed by atoms with Gasteiger partial charge in [-0.05, 0) is 53.8 Å². The summed E-state index contributed by atoms with van der Waals surface area (Å²) in [5, 5.41) is 2.96. The van der Waals surface area contributed by atoms with Crippen LogP contribution < -0.4 is 9.62 Å². The second kappa shape index (κ2) is 15.2. The molecule has 0 unspecified atom stereocenters. The van der Waals surface area contributed by atoms with Crippen molar-refractivity contribution < 1.29 is 18.0 Å². The zero-order valence-corrected chi connectivity index (χ0v) is 25.5. The zero-order valence-electron chi connectivity index (χ0n) is 24.7. The molecule has 0 fully saturated rings. The Morgan fingerprint density at radius 2 is 1.28 bits per heavy atom. The average Bonchev–Trinajstić information content (AvgIpc) is 3.05. The third-order valence-electron chi connectivity index (χ3n) is 7.26. The van der Waals surface area contributed by atoms with Gasteiger partial charge in [-0.1, -0.05) is 105 Å². The number of anilines is 1. The highest BCUT2D eigenvalue weighted by Crippen LogP contribution is 2.25. The number of rotatable bonds is 14. The van der Waals surface area contributed by atoms with Gasteiger partial charge in [0, 0.05) is 19.5 Å². The summed E-state index contributed by atoms with van der Waals surface area (Å²) in [5.74, 6) is -0.754. The third kappa shape index (κ3) is 8.32. The van der Waals surface area contributed by atoms with Crippen LogP contribution in [0.15, 0.2) is 120 Å². The van der Waals surface area contributed by atoms with Crippen LogP contribution in [0.5, 0.6) is 0 Å². The standard InChI is InChI=1S/C35H39N3O4S/c1-3-24-36-35(40)33(25-29-14-8-5-9-15-29)37(26-30-16-10-6-11-17-30)34(39)27-38(31-22-20-28(4-2)21-23-31)43(41,42)32-18-12-7-13-19-32/h5-23,33H,3-4,24-27H2,1-2H3,(H,36,40)/t33-/m0/s1. The number of hydrogen-bond donors (Lipinski definition) is 1. The molecule has 0 spiro atoms. The second-order valence-corrected chi connectivity index (χ2v) is 12.2. The molecule has 4 aromatic carbocycles. The van der Waals surface area contributed by atoms with E-state index in [9.17, 15) is 18.0 Å². The highest BCUT2D eigenvalue weighted by Gasteiger charge is 2.34. The van der Waals surface area contributed by atoms with E-state index >= 15 is 0 Å². The Morgan fingerprint density at radius 1 is 0.721 bits per heavy atom. The SMILES string of the molecule is CCCNC(=O)[C@H](Cc1ccccc1)N(Cc1ccccc1)C(=O)CN(c1ccc(CC)cc1)S(=O)(=O)c1ccccc1. The third-order valence-corrected chi connectivity index (χ3v) is 9.05. The van der Waals surface area contributed by atoms with Crippen molar-refractivity contribution >= 4 is 27.5 Å². The van der Waals surface area contributed by atoms with Gasteiger partial charge in [0.2, 0.25) is 11.8 Å². The Labute approximate surface area is 255 Å². The number of aryl methyl sites for hydroxylation is 1. The minimum atomic E-state index is -4.11. The van der Waals surface area contributed by atoms with E-state index in [1.54, 1.807) is 30.3 Å². The first kappa shape index (κ1) is 31.5. The Bertz CT molecular complexity index is 1560. The van der Waals surface area contributed by atoms with Crippen molar-refractivity contribution in [3.8, 4) is 0 Å².